The van der Waals surface area contributed by atoms with Gasteiger partial charge in [0.15, 0.2) is 0 Å². The molecule has 5 rings (SSSR count). The number of aliphatic imine (C=N–C) groups is 1. The second-order valence-electron chi connectivity index (χ2n) is 9.47. The lowest BCUT2D eigenvalue weighted by molar-refractivity contribution is -0.138. The van der Waals surface area contributed by atoms with E-state index in [2.05, 4.69) is 11.9 Å². The number of fused-ring (bicyclic) bond motifs is 1. The van der Waals surface area contributed by atoms with Crippen LogP contribution in [0.25, 0.3) is 17.0 Å². The first kappa shape index (κ1) is 25.9. The van der Waals surface area contributed by atoms with Gasteiger partial charge in [-0.2, -0.15) is 0 Å². The summed E-state index contributed by atoms with van der Waals surface area (Å²) in [4.78, 5) is 33.1. The molecule has 3 heterocycles. The van der Waals surface area contributed by atoms with Gasteiger partial charge in [-0.25, -0.2) is 9.79 Å². The number of carbonyl (C=O) groups excluding carboxylic acids is 2. The third kappa shape index (κ3) is 5.27. The monoisotopic (exact) mass is 529 g/mol. The zero-order chi connectivity index (χ0) is 26.6. The first-order valence-corrected chi connectivity index (χ1v) is 13.8. The van der Waals surface area contributed by atoms with Gasteiger partial charge in [0.1, 0.15) is 22.9 Å². The number of amides is 1. The SMILES string of the molecule is CCOC(=O)C1=C(O)/C(=C\c2cn(CC(=O)N3CCCC[C@H]3C)c3ccccc23)SC1=Nc1ccccc1. The molecule has 0 aliphatic carbocycles. The number of benzene rings is 2. The second kappa shape index (κ2) is 11.3. The van der Waals surface area contributed by atoms with Gasteiger partial charge in [-0.05, 0) is 57.4 Å². The second-order valence-corrected chi connectivity index (χ2v) is 10.5. The van der Waals surface area contributed by atoms with Crippen LogP contribution in [0.15, 0.2) is 82.0 Å². The minimum absolute atomic E-state index is 0.0601. The summed E-state index contributed by atoms with van der Waals surface area (Å²) in [5, 5.41) is 12.5. The number of esters is 1. The molecule has 1 amide bonds. The molecule has 3 aromatic rings. The number of para-hydroxylation sites is 2. The molecule has 1 aromatic heterocycles. The molecule has 2 aliphatic rings. The lowest BCUT2D eigenvalue weighted by Crippen LogP contribution is -2.43. The van der Waals surface area contributed by atoms with Crippen LogP contribution >= 0.6 is 11.8 Å². The molecule has 0 radical (unpaired) electrons. The molecule has 0 unspecified atom stereocenters. The molecule has 1 saturated heterocycles. The number of rotatable bonds is 6. The summed E-state index contributed by atoms with van der Waals surface area (Å²) < 4.78 is 7.19. The maximum atomic E-state index is 13.2. The highest BCUT2D eigenvalue weighted by molar-refractivity contribution is 8.18. The molecule has 1 N–H and O–H groups in total. The van der Waals surface area contributed by atoms with E-state index in [4.69, 9.17) is 4.74 Å². The van der Waals surface area contributed by atoms with E-state index in [0.717, 1.165) is 42.3 Å². The molecule has 0 bridgehead atoms. The lowest BCUT2D eigenvalue weighted by Gasteiger charge is -2.33. The van der Waals surface area contributed by atoms with Crippen molar-refractivity contribution < 1.29 is 19.4 Å². The number of aliphatic hydroxyl groups is 1. The molecule has 2 aliphatic heterocycles. The Balaban J connectivity index is 1.51. The summed E-state index contributed by atoms with van der Waals surface area (Å²) in [5.41, 5.74) is 2.52. The van der Waals surface area contributed by atoms with Crippen LogP contribution in [0.4, 0.5) is 5.69 Å². The summed E-state index contributed by atoms with van der Waals surface area (Å²) in [5.74, 6) is -0.658. The van der Waals surface area contributed by atoms with Crippen LogP contribution in [0.3, 0.4) is 0 Å². The van der Waals surface area contributed by atoms with Gasteiger partial charge >= 0.3 is 5.97 Å². The van der Waals surface area contributed by atoms with Gasteiger partial charge in [0.05, 0.1) is 17.2 Å². The predicted octanol–water partition coefficient (Wildman–Crippen LogP) is 6.24. The Hall–Kier alpha value is -3.78. The van der Waals surface area contributed by atoms with E-state index in [0.29, 0.717) is 15.6 Å². The van der Waals surface area contributed by atoms with Gasteiger partial charge < -0.3 is 19.3 Å². The van der Waals surface area contributed by atoms with Crippen LogP contribution in [-0.2, 0) is 20.9 Å². The maximum absolute atomic E-state index is 13.2. The predicted molar refractivity (Wildman–Crippen MR) is 152 cm³/mol. The molecule has 1 atom stereocenters. The van der Waals surface area contributed by atoms with Crippen molar-refractivity contribution in [1.82, 2.24) is 9.47 Å². The van der Waals surface area contributed by atoms with E-state index in [9.17, 15) is 14.7 Å². The van der Waals surface area contributed by atoms with Crippen molar-refractivity contribution in [2.75, 3.05) is 13.2 Å². The summed E-state index contributed by atoms with van der Waals surface area (Å²) in [7, 11) is 0. The Bertz CT molecular complexity index is 1450. The lowest BCUT2D eigenvalue weighted by atomic mass is 10.0. The van der Waals surface area contributed by atoms with Crippen LogP contribution in [0.1, 0.15) is 38.7 Å². The minimum Gasteiger partial charge on any atom is -0.506 e. The van der Waals surface area contributed by atoms with E-state index in [1.54, 1.807) is 6.92 Å². The fourth-order valence-electron chi connectivity index (χ4n) is 4.98. The van der Waals surface area contributed by atoms with Gasteiger partial charge in [-0.3, -0.25) is 4.79 Å². The van der Waals surface area contributed by atoms with Crippen molar-refractivity contribution in [2.45, 2.75) is 45.7 Å². The quantitative estimate of drug-likeness (QED) is 0.383. The van der Waals surface area contributed by atoms with E-state index in [-0.39, 0.29) is 36.4 Å². The van der Waals surface area contributed by atoms with Crippen LogP contribution in [-0.4, -0.2) is 50.7 Å². The van der Waals surface area contributed by atoms with Crippen LogP contribution in [0.2, 0.25) is 0 Å². The number of thioether (sulfide) groups is 1. The largest absolute Gasteiger partial charge is 0.506 e. The number of hydrogen-bond donors (Lipinski definition) is 1. The molecular formula is C30H31N3O4S. The fraction of sp³-hybridized carbons (Fsp3) is 0.300. The van der Waals surface area contributed by atoms with Gasteiger partial charge in [0.2, 0.25) is 5.91 Å². The number of piperidine rings is 1. The third-order valence-electron chi connectivity index (χ3n) is 6.89. The molecule has 0 spiro atoms. The molecule has 2 aromatic carbocycles. The van der Waals surface area contributed by atoms with Gasteiger partial charge in [-0.15, -0.1) is 0 Å². The molecule has 1 fully saturated rings. The van der Waals surface area contributed by atoms with Crippen molar-refractivity contribution in [3.8, 4) is 0 Å². The molecule has 0 saturated carbocycles. The molecule has 7 nitrogen and oxygen atoms in total. The van der Waals surface area contributed by atoms with E-state index in [1.807, 2.05) is 76.3 Å². The van der Waals surface area contributed by atoms with Crippen LogP contribution in [0.5, 0.6) is 0 Å². The van der Waals surface area contributed by atoms with Crippen molar-refractivity contribution in [3.63, 3.8) is 0 Å². The Kier molecular flexibility index (Phi) is 7.69. The van der Waals surface area contributed by atoms with Crippen molar-refractivity contribution in [3.05, 3.63) is 82.6 Å². The Morgan fingerprint density at radius 1 is 1.13 bits per heavy atom. The summed E-state index contributed by atoms with van der Waals surface area (Å²) >= 11 is 1.23. The number of carbonyl (C=O) groups is 2. The topological polar surface area (TPSA) is 84.1 Å². The maximum Gasteiger partial charge on any atom is 0.344 e. The third-order valence-corrected chi connectivity index (χ3v) is 7.91. The van der Waals surface area contributed by atoms with Crippen LogP contribution in [0, 0.1) is 0 Å². The number of aromatic nitrogens is 1. The molecular weight excluding hydrogens is 498 g/mol. The summed E-state index contributed by atoms with van der Waals surface area (Å²) in [6.07, 6.45) is 7.02. The van der Waals surface area contributed by atoms with Crippen molar-refractivity contribution in [2.24, 2.45) is 4.99 Å². The van der Waals surface area contributed by atoms with E-state index >= 15 is 0 Å². The van der Waals surface area contributed by atoms with Crippen LogP contribution < -0.4 is 0 Å². The van der Waals surface area contributed by atoms with Crippen molar-refractivity contribution in [1.29, 1.82) is 0 Å². The number of ether oxygens (including phenoxy) is 1. The molecule has 8 heteroatoms. The minimum atomic E-state index is -0.612. The molecule has 196 valence electrons. The molecule has 38 heavy (non-hydrogen) atoms. The average Bonchev–Trinajstić information content (AvgIpc) is 3.41. The average molecular weight is 530 g/mol. The smallest absolute Gasteiger partial charge is 0.344 e. The highest BCUT2D eigenvalue weighted by atomic mass is 32.2. The fourth-order valence-corrected chi connectivity index (χ4v) is 6.01. The summed E-state index contributed by atoms with van der Waals surface area (Å²) in [6, 6.07) is 17.4. The van der Waals surface area contributed by atoms with Gasteiger partial charge in [0, 0.05) is 35.2 Å². The van der Waals surface area contributed by atoms with Gasteiger partial charge in [-0.1, -0.05) is 48.2 Å². The number of aliphatic hydroxyl groups excluding tert-OH is 1. The van der Waals surface area contributed by atoms with E-state index in [1.165, 1.54) is 11.8 Å². The Morgan fingerprint density at radius 2 is 1.89 bits per heavy atom. The first-order chi connectivity index (χ1) is 18.5. The highest BCUT2D eigenvalue weighted by Crippen LogP contribution is 2.41. The number of nitrogens with zero attached hydrogens (tertiary/aromatic N) is 3. The Labute approximate surface area is 226 Å². The first-order valence-electron chi connectivity index (χ1n) is 13.0. The zero-order valence-corrected chi connectivity index (χ0v) is 22.4. The van der Waals surface area contributed by atoms with Crippen molar-refractivity contribution >= 4 is 51.3 Å². The normalized spacial score (nSPS) is 20.1. The number of hydrogen-bond acceptors (Lipinski definition) is 6. The standard InChI is InChI=1S/C30H31N3O4S/c1-3-37-30(36)27-28(35)25(38-29(27)31-22-12-5-4-6-13-22)17-21-18-32(24-15-8-7-14-23(21)24)19-26(34)33-16-10-9-11-20(33)2/h4-8,12-15,17-18,20,35H,3,9-11,16,19H2,1-2H3/b25-17+,31-29?/t20-/m1/s1. The Morgan fingerprint density at radius 3 is 2.66 bits per heavy atom. The van der Waals surface area contributed by atoms with E-state index < -0.39 is 5.97 Å². The summed E-state index contributed by atoms with van der Waals surface area (Å²) in [6.45, 7) is 5.07. The number of likely N-dealkylation sites (tertiary alicyclic amines) is 1. The zero-order valence-electron chi connectivity index (χ0n) is 21.6. The highest BCUT2D eigenvalue weighted by Gasteiger charge is 2.33. The van der Waals surface area contributed by atoms with Gasteiger partial charge in [0.25, 0.3) is 0 Å².